The SMILES string of the molecule is O=S(=O)(Nc1cc(Cl)ccc1Cl)c1cccnc1. The molecule has 1 aromatic heterocycles. The van der Waals surface area contributed by atoms with Gasteiger partial charge in [0.2, 0.25) is 0 Å². The van der Waals surface area contributed by atoms with Gasteiger partial charge in [0.05, 0.1) is 10.7 Å². The van der Waals surface area contributed by atoms with Crippen LogP contribution in [0.3, 0.4) is 0 Å². The monoisotopic (exact) mass is 302 g/mol. The molecule has 7 heteroatoms. The number of aromatic nitrogens is 1. The molecule has 0 amide bonds. The number of pyridine rings is 1. The zero-order valence-corrected chi connectivity index (χ0v) is 11.3. The Hall–Kier alpha value is -1.30. The van der Waals surface area contributed by atoms with Crippen molar-refractivity contribution in [2.45, 2.75) is 4.90 Å². The molecule has 2 rings (SSSR count). The Kier molecular flexibility index (Phi) is 3.75. The van der Waals surface area contributed by atoms with Gasteiger partial charge >= 0.3 is 0 Å². The molecule has 1 aromatic carbocycles. The average Bonchev–Trinajstić information content (AvgIpc) is 2.35. The molecule has 0 aliphatic rings. The molecule has 0 radical (unpaired) electrons. The van der Waals surface area contributed by atoms with Gasteiger partial charge in [-0.2, -0.15) is 0 Å². The highest BCUT2D eigenvalue weighted by Gasteiger charge is 2.15. The minimum Gasteiger partial charge on any atom is -0.278 e. The van der Waals surface area contributed by atoms with E-state index < -0.39 is 10.0 Å². The highest BCUT2D eigenvalue weighted by atomic mass is 35.5. The van der Waals surface area contributed by atoms with Crippen LogP contribution < -0.4 is 4.72 Å². The van der Waals surface area contributed by atoms with Gasteiger partial charge in [-0.25, -0.2) is 8.42 Å². The molecule has 18 heavy (non-hydrogen) atoms. The van der Waals surface area contributed by atoms with Crippen molar-refractivity contribution in [1.29, 1.82) is 0 Å². The summed E-state index contributed by atoms with van der Waals surface area (Å²) in [6.45, 7) is 0. The smallest absolute Gasteiger partial charge is 0.263 e. The molecule has 0 bridgehead atoms. The molecule has 0 fully saturated rings. The summed E-state index contributed by atoms with van der Waals surface area (Å²) in [5.74, 6) is 0. The number of rotatable bonds is 3. The Morgan fingerprint density at radius 2 is 1.94 bits per heavy atom. The van der Waals surface area contributed by atoms with Crippen LogP contribution in [0.25, 0.3) is 0 Å². The van der Waals surface area contributed by atoms with Crippen LogP contribution in [0.5, 0.6) is 0 Å². The van der Waals surface area contributed by atoms with Crippen molar-refractivity contribution in [3.63, 3.8) is 0 Å². The van der Waals surface area contributed by atoms with Gasteiger partial charge in [0.1, 0.15) is 4.90 Å². The summed E-state index contributed by atoms with van der Waals surface area (Å²) >= 11 is 11.7. The predicted octanol–water partition coefficient (Wildman–Crippen LogP) is 3.19. The summed E-state index contributed by atoms with van der Waals surface area (Å²) in [6, 6.07) is 7.51. The van der Waals surface area contributed by atoms with Gasteiger partial charge in [-0.15, -0.1) is 0 Å². The van der Waals surface area contributed by atoms with Crippen molar-refractivity contribution >= 4 is 38.9 Å². The predicted molar refractivity (Wildman–Crippen MR) is 71.5 cm³/mol. The van der Waals surface area contributed by atoms with Crippen molar-refractivity contribution in [2.75, 3.05) is 4.72 Å². The normalized spacial score (nSPS) is 11.2. The fraction of sp³-hybridized carbons (Fsp3) is 0. The van der Waals surface area contributed by atoms with Crippen LogP contribution >= 0.6 is 23.2 Å². The van der Waals surface area contributed by atoms with E-state index in [-0.39, 0.29) is 15.6 Å². The maximum Gasteiger partial charge on any atom is 0.263 e. The van der Waals surface area contributed by atoms with Gasteiger partial charge in [-0.1, -0.05) is 23.2 Å². The van der Waals surface area contributed by atoms with E-state index in [9.17, 15) is 8.42 Å². The molecule has 4 nitrogen and oxygen atoms in total. The minimum absolute atomic E-state index is 0.0565. The van der Waals surface area contributed by atoms with E-state index in [0.717, 1.165) is 0 Å². The average molecular weight is 303 g/mol. The maximum atomic E-state index is 12.0. The zero-order chi connectivity index (χ0) is 13.2. The molecule has 1 heterocycles. The summed E-state index contributed by atoms with van der Waals surface area (Å²) in [6.07, 6.45) is 2.74. The Balaban J connectivity index is 2.37. The molecular formula is C11H8Cl2N2O2S. The van der Waals surface area contributed by atoms with Gasteiger partial charge in [-0.05, 0) is 30.3 Å². The second kappa shape index (κ2) is 5.14. The third-order valence-corrected chi connectivity index (χ3v) is 4.03. The van der Waals surface area contributed by atoms with Crippen LogP contribution in [0.15, 0.2) is 47.6 Å². The van der Waals surface area contributed by atoms with E-state index in [2.05, 4.69) is 9.71 Å². The third-order valence-electron chi connectivity index (χ3n) is 2.12. The van der Waals surface area contributed by atoms with Crippen LogP contribution in [-0.4, -0.2) is 13.4 Å². The summed E-state index contributed by atoms with van der Waals surface area (Å²) in [5, 5.41) is 0.662. The number of benzene rings is 1. The zero-order valence-electron chi connectivity index (χ0n) is 8.97. The first-order chi connectivity index (χ1) is 8.49. The molecule has 0 spiro atoms. The fourth-order valence-corrected chi connectivity index (χ4v) is 2.71. The number of halogens is 2. The standard InChI is InChI=1S/C11H8Cl2N2O2S/c12-8-3-4-10(13)11(6-8)15-18(16,17)9-2-1-5-14-7-9/h1-7,15H. The lowest BCUT2D eigenvalue weighted by molar-refractivity contribution is 0.601. The first kappa shape index (κ1) is 13.1. The molecule has 0 saturated carbocycles. The van der Waals surface area contributed by atoms with Crippen LogP contribution in [0.1, 0.15) is 0 Å². The molecule has 0 aliphatic carbocycles. The lowest BCUT2D eigenvalue weighted by Crippen LogP contribution is -2.13. The van der Waals surface area contributed by atoms with Crippen LogP contribution in [0, 0.1) is 0 Å². The summed E-state index contributed by atoms with van der Waals surface area (Å²) in [4.78, 5) is 3.81. The van der Waals surface area contributed by atoms with E-state index in [1.54, 1.807) is 6.07 Å². The third kappa shape index (κ3) is 2.93. The molecule has 94 valence electrons. The van der Waals surface area contributed by atoms with Crippen molar-refractivity contribution in [1.82, 2.24) is 4.98 Å². The highest BCUT2D eigenvalue weighted by molar-refractivity contribution is 7.92. The first-order valence-electron chi connectivity index (χ1n) is 4.87. The number of nitrogens with one attached hydrogen (secondary N) is 1. The number of sulfonamides is 1. The largest absolute Gasteiger partial charge is 0.278 e. The van der Waals surface area contributed by atoms with Crippen LogP contribution in [-0.2, 0) is 10.0 Å². The second-order valence-electron chi connectivity index (χ2n) is 3.42. The molecular weight excluding hydrogens is 295 g/mol. The Morgan fingerprint density at radius 1 is 1.17 bits per heavy atom. The van der Waals surface area contributed by atoms with Gasteiger partial charge in [0.25, 0.3) is 10.0 Å². The Labute approximate surface area is 115 Å². The van der Waals surface area contributed by atoms with Crippen LogP contribution in [0.4, 0.5) is 5.69 Å². The van der Waals surface area contributed by atoms with Gasteiger partial charge < -0.3 is 0 Å². The molecule has 1 N–H and O–H groups in total. The minimum atomic E-state index is -3.71. The summed E-state index contributed by atoms with van der Waals surface area (Å²) in [7, 11) is -3.71. The van der Waals surface area contributed by atoms with E-state index in [0.29, 0.717) is 5.02 Å². The van der Waals surface area contributed by atoms with Crippen molar-refractivity contribution in [3.8, 4) is 0 Å². The molecule has 2 aromatic rings. The van der Waals surface area contributed by atoms with Crippen molar-refractivity contribution in [2.24, 2.45) is 0 Å². The molecule has 0 unspecified atom stereocenters. The maximum absolute atomic E-state index is 12.0. The topological polar surface area (TPSA) is 59.1 Å². The van der Waals surface area contributed by atoms with E-state index in [1.807, 2.05) is 0 Å². The summed E-state index contributed by atoms with van der Waals surface area (Å²) < 4.78 is 26.4. The van der Waals surface area contributed by atoms with Crippen LogP contribution in [0.2, 0.25) is 10.0 Å². The quantitative estimate of drug-likeness (QED) is 0.947. The van der Waals surface area contributed by atoms with Gasteiger partial charge in [-0.3, -0.25) is 9.71 Å². The lowest BCUT2D eigenvalue weighted by Gasteiger charge is -2.09. The highest BCUT2D eigenvalue weighted by Crippen LogP contribution is 2.27. The number of hydrogen-bond donors (Lipinski definition) is 1. The van der Waals surface area contributed by atoms with Gasteiger partial charge in [0, 0.05) is 17.4 Å². The molecule has 0 saturated heterocycles. The molecule has 0 aliphatic heterocycles. The van der Waals surface area contributed by atoms with E-state index in [1.165, 1.54) is 36.7 Å². The second-order valence-corrected chi connectivity index (χ2v) is 5.94. The fourth-order valence-electron chi connectivity index (χ4n) is 1.29. The van der Waals surface area contributed by atoms with E-state index in [4.69, 9.17) is 23.2 Å². The molecule has 0 atom stereocenters. The Bertz CT molecular complexity index is 660. The number of anilines is 1. The first-order valence-corrected chi connectivity index (χ1v) is 7.11. The van der Waals surface area contributed by atoms with E-state index >= 15 is 0 Å². The summed E-state index contributed by atoms with van der Waals surface area (Å²) in [5.41, 5.74) is 0.230. The van der Waals surface area contributed by atoms with Gasteiger partial charge in [0.15, 0.2) is 0 Å². The number of nitrogens with zero attached hydrogens (tertiary/aromatic N) is 1. The lowest BCUT2D eigenvalue weighted by atomic mass is 10.3. The van der Waals surface area contributed by atoms with Crippen molar-refractivity contribution < 1.29 is 8.42 Å². The number of hydrogen-bond acceptors (Lipinski definition) is 3. The Morgan fingerprint density at radius 3 is 2.61 bits per heavy atom. The van der Waals surface area contributed by atoms with Crippen molar-refractivity contribution in [3.05, 3.63) is 52.8 Å².